The molecule has 0 bridgehead atoms. The number of piperidine rings is 1. The predicted molar refractivity (Wildman–Crippen MR) is 138 cm³/mol. The zero-order chi connectivity index (χ0) is 24.3. The highest BCUT2D eigenvalue weighted by Gasteiger charge is 2.38. The van der Waals surface area contributed by atoms with Crippen LogP contribution in [0.25, 0.3) is 11.1 Å². The van der Waals surface area contributed by atoms with Gasteiger partial charge < -0.3 is 30.8 Å². The van der Waals surface area contributed by atoms with Crippen molar-refractivity contribution in [2.24, 2.45) is 5.84 Å². The van der Waals surface area contributed by atoms with Gasteiger partial charge in [0.1, 0.15) is 5.75 Å². The minimum Gasteiger partial charge on any atom is -0.462 e. The first-order valence-corrected chi connectivity index (χ1v) is 11.9. The van der Waals surface area contributed by atoms with Crippen molar-refractivity contribution in [1.29, 1.82) is 0 Å². The van der Waals surface area contributed by atoms with Crippen molar-refractivity contribution in [3.8, 4) is 16.9 Å². The maximum Gasteiger partial charge on any atom is 0.226 e. The average molecular weight is 474 g/mol. The lowest BCUT2D eigenvalue weighted by molar-refractivity contribution is -0.218. The van der Waals surface area contributed by atoms with Crippen molar-refractivity contribution in [2.75, 3.05) is 35.7 Å². The van der Waals surface area contributed by atoms with Crippen LogP contribution < -0.4 is 32.0 Å². The summed E-state index contributed by atoms with van der Waals surface area (Å²) in [6.45, 7) is 2.67. The summed E-state index contributed by atoms with van der Waals surface area (Å²) >= 11 is 0. The van der Waals surface area contributed by atoms with Gasteiger partial charge in [-0.3, -0.25) is 4.79 Å². The van der Waals surface area contributed by atoms with Gasteiger partial charge in [-0.15, -0.1) is 0 Å². The number of para-hydroxylation sites is 2. The van der Waals surface area contributed by atoms with Gasteiger partial charge in [0.2, 0.25) is 11.7 Å². The minimum absolute atomic E-state index is 0.119. The summed E-state index contributed by atoms with van der Waals surface area (Å²) in [6, 6.07) is 21.3. The normalized spacial score (nSPS) is 16.3. The van der Waals surface area contributed by atoms with E-state index in [2.05, 4.69) is 22.8 Å². The Morgan fingerprint density at radius 3 is 2.66 bits per heavy atom. The Morgan fingerprint density at radius 1 is 1.03 bits per heavy atom. The van der Waals surface area contributed by atoms with E-state index in [-0.39, 0.29) is 12.3 Å². The fourth-order valence-electron chi connectivity index (χ4n) is 4.56. The Balaban J connectivity index is 1.22. The highest BCUT2D eigenvalue weighted by atomic mass is 16.7. The first kappa shape index (κ1) is 23.2. The zero-order valence-corrected chi connectivity index (χ0v) is 19.6. The first-order chi connectivity index (χ1) is 17.0. The zero-order valence-electron chi connectivity index (χ0n) is 19.6. The van der Waals surface area contributed by atoms with Gasteiger partial charge in [0.25, 0.3) is 0 Å². The van der Waals surface area contributed by atoms with Gasteiger partial charge in [-0.2, -0.15) is 0 Å². The molecule has 8 heteroatoms. The molecular formula is C27H31N5O3. The number of fused-ring (bicyclic) bond motifs is 1. The first-order valence-electron chi connectivity index (χ1n) is 11.9. The number of nitrogens with two attached hydrogens (primary N) is 2. The van der Waals surface area contributed by atoms with Crippen molar-refractivity contribution in [3.63, 3.8) is 0 Å². The molecule has 0 aromatic heterocycles. The molecule has 1 fully saturated rings. The van der Waals surface area contributed by atoms with E-state index in [1.807, 2.05) is 48.5 Å². The highest BCUT2D eigenvalue weighted by molar-refractivity contribution is 5.92. The van der Waals surface area contributed by atoms with E-state index >= 15 is 0 Å². The molecule has 2 aliphatic rings. The van der Waals surface area contributed by atoms with Crippen LogP contribution in [0.1, 0.15) is 24.8 Å². The summed E-state index contributed by atoms with van der Waals surface area (Å²) < 4.78 is 12.4. The van der Waals surface area contributed by atoms with Gasteiger partial charge in [0, 0.05) is 50.1 Å². The lowest BCUT2D eigenvalue weighted by Crippen LogP contribution is -2.49. The molecule has 3 aromatic carbocycles. The third-order valence-electron chi connectivity index (χ3n) is 6.52. The minimum atomic E-state index is -0.505. The summed E-state index contributed by atoms with van der Waals surface area (Å²) in [6.07, 6.45) is 1.92. The number of hydrazine groups is 1. The second-order valence-corrected chi connectivity index (χ2v) is 9.01. The standard InChI is InChI=1S/C27H31N5O3/c28-23-6-1-2-7-24(23)32(29)15-10-26(33)31-22-5-3-4-19(17-22)20-8-9-25-21(16-20)18-34-27(35-25)11-13-30-14-12-27/h1-9,16-17,30H,10-15,18,28-29H2,(H,31,33). The van der Waals surface area contributed by atoms with Crippen LogP contribution in [0.3, 0.4) is 0 Å². The van der Waals surface area contributed by atoms with E-state index < -0.39 is 5.79 Å². The number of nitrogens with zero attached hydrogens (tertiary/aromatic N) is 1. The van der Waals surface area contributed by atoms with Crippen LogP contribution in [0.4, 0.5) is 17.1 Å². The molecular weight excluding hydrogens is 442 g/mol. The largest absolute Gasteiger partial charge is 0.462 e. The SMILES string of the molecule is Nc1ccccc1N(N)CCC(=O)Nc1cccc(-c2ccc3c(c2)COC2(CCNCC2)O3)c1. The number of hydrogen-bond donors (Lipinski definition) is 4. The number of rotatable bonds is 6. The van der Waals surface area contributed by atoms with Crippen LogP contribution in [-0.4, -0.2) is 31.3 Å². The van der Waals surface area contributed by atoms with E-state index in [0.717, 1.165) is 54.1 Å². The van der Waals surface area contributed by atoms with Crippen LogP contribution in [0.15, 0.2) is 66.7 Å². The molecule has 2 heterocycles. The van der Waals surface area contributed by atoms with Gasteiger partial charge in [0.15, 0.2) is 0 Å². The average Bonchev–Trinajstić information content (AvgIpc) is 2.88. The maximum absolute atomic E-state index is 12.6. The molecule has 35 heavy (non-hydrogen) atoms. The fourth-order valence-corrected chi connectivity index (χ4v) is 4.56. The third-order valence-corrected chi connectivity index (χ3v) is 6.52. The van der Waals surface area contributed by atoms with E-state index in [1.165, 1.54) is 5.01 Å². The Kier molecular flexibility index (Phi) is 6.59. The molecule has 1 saturated heterocycles. The number of carbonyl (C=O) groups excluding carboxylic acids is 1. The number of ether oxygens (including phenoxy) is 2. The quantitative estimate of drug-likeness (QED) is 0.245. The summed E-state index contributed by atoms with van der Waals surface area (Å²) in [5.74, 6) is 6.35. The van der Waals surface area contributed by atoms with Crippen LogP contribution in [0, 0.1) is 0 Å². The Hall–Kier alpha value is -3.59. The molecule has 5 rings (SSSR count). The number of hydrogen-bond acceptors (Lipinski definition) is 7. The Bertz CT molecular complexity index is 1210. The fraction of sp³-hybridized carbons (Fsp3) is 0.296. The highest BCUT2D eigenvalue weighted by Crippen LogP contribution is 2.38. The van der Waals surface area contributed by atoms with E-state index in [1.54, 1.807) is 6.07 Å². The van der Waals surface area contributed by atoms with E-state index in [4.69, 9.17) is 21.1 Å². The van der Waals surface area contributed by atoms with E-state index in [0.29, 0.717) is 24.5 Å². The van der Waals surface area contributed by atoms with Crippen molar-refractivity contribution in [1.82, 2.24) is 5.32 Å². The van der Waals surface area contributed by atoms with Gasteiger partial charge in [-0.25, -0.2) is 5.84 Å². The summed E-state index contributed by atoms with van der Waals surface area (Å²) in [4.78, 5) is 12.6. The molecule has 0 atom stereocenters. The number of nitrogens with one attached hydrogen (secondary N) is 2. The Morgan fingerprint density at radius 2 is 1.83 bits per heavy atom. The van der Waals surface area contributed by atoms with Crippen LogP contribution in [0.2, 0.25) is 0 Å². The van der Waals surface area contributed by atoms with Crippen LogP contribution >= 0.6 is 0 Å². The number of nitrogen functional groups attached to an aromatic ring is 1. The molecule has 0 radical (unpaired) electrons. The maximum atomic E-state index is 12.6. The van der Waals surface area contributed by atoms with Gasteiger partial charge in [0.05, 0.1) is 18.0 Å². The molecule has 182 valence electrons. The molecule has 6 N–H and O–H groups in total. The van der Waals surface area contributed by atoms with Crippen molar-refractivity contribution in [2.45, 2.75) is 31.7 Å². The lowest BCUT2D eigenvalue weighted by atomic mass is 9.99. The summed E-state index contributed by atoms with van der Waals surface area (Å²) in [5.41, 5.74) is 11.1. The number of carbonyl (C=O) groups is 1. The number of amides is 1. The lowest BCUT2D eigenvalue weighted by Gasteiger charge is -2.41. The molecule has 3 aromatic rings. The molecule has 0 saturated carbocycles. The number of benzene rings is 3. The van der Waals surface area contributed by atoms with E-state index in [9.17, 15) is 4.79 Å². The van der Waals surface area contributed by atoms with Crippen LogP contribution in [0.5, 0.6) is 5.75 Å². The topological polar surface area (TPSA) is 115 Å². The van der Waals surface area contributed by atoms with Crippen molar-refractivity contribution in [3.05, 3.63) is 72.3 Å². The summed E-state index contributed by atoms with van der Waals surface area (Å²) in [7, 11) is 0. The number of anilines is 3. The van der Waals surface area contributed by atoms with Gasteiger partial charge in [-0.1, -0.05) is 30.3 Å². The predicted octanol–water partition coefficient (Wildman–Crippen LogP) is 3.63. The van der Waals surface area contributed by atoms with Crippen molar-refractivity contribution >= 4 is 23.0 Å². The third kappa shape index (κ3) is 5.24. The molecule has 2 aliphatic heterocycles. The smallest absolute Gasteiger partial charge is 0.226 e. The second-order valence-electron chi connectivity index (χ2n) is 9.01. The van der Waals surface area contributed by atoms with Crippen LogP contribution in [-0.2, 0) is 16.1 Å². The molecule has 1 amide bonds. The molecule has 0 unspecified atom stereocenters. The second kappa shape index (κ2) is 9.95. The molecule has 0 aliphatic carbocycles. The molecule has 8 nitrogen and oxygen atoms in total. The van der Waals surface area contributed by atoms with Gasteiger partial charge in [-0.05, 0) is 47.5 Å². The van der Waals surface area contributed by atoms with Crippen molar-refractivity contribution < 1.29 is 14.3 Å². The molecule has 1 spiro atoms. The summed E-state index contributed by atoms with van der Waals surface area (Å²) in [5, 5.41) is 7.81. The van der Waals surface area contributed by atoms with Gasteiger partial charge >= 0.3 is 0 Å². The Labute approximate surface area is 205 Å². The monoisotopic (exact) mass is 473 g/mol.